The van der Waals surface area contributed by atoms with Crippen LogP contribution in [0.15, 0.2) is 44.8 Å². The van der Waals surface area contributed by atoms with E-state index in [0.29, 0.717) is 22.1 Å². The van der Waals surface area contributed by atoms with E-state index in [9.17, 15) is 14.7 Å². The molecule has 2 heterocycles. The lowest BCUT2D eigenvalue weighted by Crippen LogP contribution is -2.60. The van der Waals surface area contributed by atoms with Gasteiger partial charge < -0.3 is 5.11 Å². The Hall–Kier alpha value is -2.65. The molecule has 3 aromatic rings. The lowest BCUT2D eigenvalue weighted by atomic mass is 9.78. The van der Waals surface area contributed by atoms with Crippen molar-refractivity contribution in [2.75, 3.05) is 10.7 Å². The average Bonchev–Trinajstić information content (AvgIpc) is 2.76. The first-order chi connectivity index (χ1) is 17.1. The highest BCUT2D eigenvalue weighted by Gasteiger charge is 2.46. The van der Waals surface area contributed by atoms with Gasteiger partial charge in [-0.05, 0) is 51.6 Å². The quantitative estimate of drug-likeness (QED) is 0.299. The van der Waals surface area contributed by atoms with Crippen LogP contribution in [-0.4, -0.2) is 26.8 Å². The predicted octanol–water partition coefficient (Wildman–Crippen LogP) is 5.81. The molecule has 0 saturated carbocycles. The number of phenols is 1. The van der Waals surface area contributed by atoms with Crippen molar-refractivity contribution < 1.29 is 14.6 Å². The molecular formula is C28H34BrN4O3S+. The number of carbonyl (C=O) groups excluding carboxylic acids is 1. The minimum atomic E-state index is -0.720. The SMILES string of the molecule is CCSc1n[n+]2c(c(=O)[nH]1)-c1cc(Br)ccc1N(C(C)=O)C2c1cc(C(C)(C)C)c(O)c(C(C)(C)C)c1. The van der Waals surface area contributed by atoms with Gasteiger partial charge >= 0.3 is 11.3 Å². The van der Waals surface area contributed by atoms with E-state index in [2.05, 4.69) is 62.5 Å². The molecule has 0 radical (unpaired) electrons. The zero-order valence-corrected chi connectivity index (χ0v) is 25.0. The van der Waals surface area contributed by atoms with Gasteiger partial charge in [-0.15, -0.1) is 0 Å². The first kappa shape index (κ1) is 27.4. The van der Waals surface area contributed by atoms with Crippen molar-refractivity contribution in [1.82, 2.24) is 10.1 Å². The molecule has 2 N–H and O–H groups in total. The molecule has 1 atom stereocenters. The molecule has 196 valence electrons. The van der Waals surface area contributed by atoms with Gasteiger partial charge in [0.15, 0.2) is 0 Å². The number of fused-ring (bicyclic) bond motifs is 3. The maximum atomic E-state index is 13.5. The number of thioether (sulfide) groups is 1. The van der Waals surface area contributed by atoms with Gasteiger partial charge in [0.2, 0.25) is 11.1 Å². The highest BCUT2D eigenvalue weighted by Crippen LogP contribution is 2.44. The Morgan fingerprint density at radius 1 is 1.14 bits per heavy atom. The van der Waals surface area contributed by atoms with Crippen molar-refractivity contribution in [3.63, 3.8) is 0 Å². The number of aromatic amines is 1. The van der Waals surface area contributed by atoms with Crippen LogP contribution in [0.5, 0.6) is 5.75 Å². The Balaban J connectivity index is 2.15. The van der Waals surface area contributed by atoms with E-state index in [1.165, 1.54) is 18.7 Å². The molecule has 0 bridgehead atoms. The number of hydrogen-bond donors (Lipinski definition) is 2. The van der Waals surface area contributed by atoms with Crippen LogP contribution in [0.25, 0.3) is 11.3 Å². The van der Waals surface area contributed by atoms with Crippen LogP contribution in [0.4, 0.5) is 5.69 Å². The van der Waals surface area contributed by atoms with Crippen LogP contribution in [-0.2, 0) is 15.6 Å². The summed E-state index contributed by atoms with van der Waals surface area (Å²) in [4.78, 5) is 31.4. The van der Waals surface area contributed by atoms with Crippen LogP contribution in [0.2, 0.25) is 0 Å². The van der Waals surface area contributed by atoms with Crippen molar-refractivity contribution in [2.24, 2.45) is 0 Å². The molecule has 0 saturated heterocycles. The summed E-state index contributed by atoms with van der Waals surface area (Å²) in [5, 5.41) is 16.7. The average molecular weight is 587 g/mol. The molecule has 1 aliphatic heterocycles. The molecule has 1 aliphatic rings. The number of nitrogens with zero attached hydrogens (tertiary/aromatic N) is 3. The normalized spacial score (nSPS) is 15.4. The molecule has 0 spiro atoms. The zero-order valence-electron chi connectivity index (χ0n) is 22.6. The van der Waals surface area contributed by atoms with Crippen LogP contribution in [0.1, 0.15) is 78.2 Å². The van der Waals surface area contributed by atoms with E-state index in [4.69, 9.17) is 5.10 Å². The van der Waals surface area contributed by atoms with E-state index in [0.717, 1.165) is 26.9 Å². The van der Waals surface area contributed by atoms with Gasteiger partial charge in [0.25, 0.3) is 6.17 Å². The molecule has 7 nitrogen and oxygen atoms in total. The van der Waals surface area contributed by atoms with Crippen molar-refractivity contribution in [3.05, 3.63) is 61.8 Å². The van der Waals surface area contributed by atoms with Gasteiger partial charge in [0.05, 0.1) is 11.3 Å². The smallest absolute Gasteiger partial charge is 0.325 e. The number of rotatable bonds is 3. The Bertz CT molecular complexity index is 1420. The number of halogens is 1. The molecular weight excluding hydrogens is 552 g/mol. The van der Waals surface area contributed by atoms with Crippen LogP contribution < -0.4 is 15.1 Å². The number of aromatic hydroxyl groups is 1. The van der Waals surface area contributed by atoms with Gasteiger partial charge in [0.1, 0.15) is 5.75 Å². The predicted molar refractivity (Wildman–Crippen MR) is 151 cm³/mol. The number of amides is 1. The summed E-state index contributed by atoms with van der Waals surface area (Å²) in [5.41, 5.74) is 2.94. The number of phenolic OH excluding ortho intramolecular Hbond substituents is 1. The number of hydrogen-bond acceptors (Lipinski definition) is 5. The van der Waals surface area contributed by atoms with E-state index in [1.54, 1.807) is 9.58 Å². The van der Waals surface area contributed by atoms with E-state index < -0.39 is 6.17 Å². The van der Waals surface area contributed by atoms with Gasteiger partial charge in [-0.2, -0.15) is 0 Å². The first-order valence-corrected chi connectivity index (χ1v) is 14.1. The summed E-state index contributed by atoms with van der Waals surface area (Å²) >= 11 is 4.95. The summed E-state index contributed by atoms with van der Waals surface area (Å²) in [5.74, 6) is 0.804. The fourth-order valence-electron chi connectivity index (χ4n) is 4.79. The molecule has 9 heteroatoms. The largest absolute Gasteiger partial charge is 0.507 e. The van der Waals surface area contributed by atoms with Gasteiger partial charge in [-0.25, -0.2) is 4.90 Å². The molecule has 1 unspecified atom stereocenters. The van der Waals surface area contributed by atoms with Gasteiger partial charge in [-0.3, -0.25) is 14.6 Å². The summed E-state index contributed by atoms with van der Waals surface area (Å²) < 4.78 is 2.46. The Labute approximate surface area is 230 Å². The highest BCUT2D eigenvalue weighted by molar-refractivity contribution is 9.10. The summed E-state index contributed by atoms with van der Waals surface area (Å²) in [6.07, 6.45) is -0.720. The number of nitrogens with one attached hydrogen (secondary N) is 1. The lowest BCUT2D eigenvalue weighted by Gasteiger charge is -2.34. The summed E-state index contributed by atoms with van der Waals surface area (Å²) in [6, 6.07) is 9.45. The highest BCUT2D eigenvalue weighted by atomic mass is 79.9. The maximum Gasteiger partial charge on any atom is 0.325 e. The monoisotopic (exact) mass is 585 g/mol. The van der Waals surface area contributed by atoms with Gasteiger partial charge in [-0.1, -0.05) is 76.2 Å². The molecule has 0 aliphatic carbocycles. The third-order valence-electron chi connectivity index (χ3n) is 6.48. The Morgan fingerprint density at radius 3 is 2.24 bits per heavy atom. The van der Waals surface area contributed by atoms with Crippen LogP contribution in [0.3, 0.4) is 0 Å². The zero-order chi connectivity index (χ0) is 27.4. The third-order valence-corrected chi connectivity index (χ3v) is 7.72. The van der Waals surface area contributed by atoms with Crippen molar-refractivity contribution in [1.29, 1.82) is 0 Å². The van der Waals surface area contributed by atoms with E-state index in [1.807, 2.05) is 37.3 Å². The third kappa shape index (κ3) is 4.95. The fourth-order valence-corrected chi connectivity index (χ4v) is 5.73. The summed E-state index contributed by atoms with van der Waals surface area (Å²) in [7, 11) is 0. The second-order valence-corrected chi connectivity index (χ2v) is 13.5. The molecule has 2 aromatic carbocycles. The standard InChI is InChI=1S/C28H33BrN4O3S/c1-9-37-26-30-24(36)22-18-14-17(29)10-11-21(18)32(15(2)34)25(33(22)31-26)16-12-19(27(3,4)5)23(35)20(13-16)28(6,7)8/h10-14,25H,9H2,1-8H3,(H-,30,31,35,36)/p+1. The molecule has 0 fully saturated rings. The van der Waals surface area contributed by atoms with E-state index >= 15 is 0 Å². The number of carbonyl (C=O) groups is 1. The van der Waals surface area contributed by atoms with Crippen LogP contribution >= 0.6 is 27.7 Å². The number of H-pyrrole nitrogens is 1. The van der Waals surface area contributed by atoms with E-state index in [-0.39, 0.29) is 28.0 Å². The lowest BCUT2D eigenvalue weighted by molar-refractivity contribution is -0.763. The Kier molecular flexibility index (Phi) is 7.09. The second kappa shape index (κ2) is 9.58. The Morgan fingerprint density at radius 2 is 1.73 bits per heavy atom. The maximum absolute atomic E-state index is 13.5. The topological polar surface area (TPSA) is 90.2 Å². The van der Waals surface area contributed by atoms with Gasteiger partial charge in [0, 0.05) is 33.2 Å². The number of aromatic nitrogens is 3. The fraction of sp³-hybridized carbons (Fsp3) is 0.429. The van der Waals surface area contributed by atoms with Crippen LogP contribution in [0, 0.1) is 0 Å². The summed E-state index contributed by atoms with van der Waals surface area (Å²) in [6.45, 7) is 15.8. The van der Waals surface area contributed by atoms with Crippen molar-refractivity contribution in [3.8, 4) is 17.0 Å². The number of anilines is 1. The van der Waals surface area contributed by atoms with Crippen molar-refractivity contribution in [2.45, 2.75) is 77.5 Å². The molecule has 37 heavy (non-hydrogen) atoms. The second-order valence-electron chi connectivity index (χ2n) is 11.4. The number of benzene rings is 2. The minimum absolute atomic E-state index is 0.179. The molecule has 1 amide bonds. The molecule has 4 rings (SSSR count). The molecule has 1 aromatic heterocycles. The van der Waals surface area contributed by atoms with Crippen molar-refractivity contribution >= 4 is 39.3 Å². The minimum Gasteiger partial charge on any atom is -0.507 e. The first-order valence-electron chi connectivity index (χ1n) is 12.3.